The van der Waals surface area contributed by atoms with E-state index in [1.165, 1.54) is 30.3 Å². The summed E-state index contributed by atoms with van der Waals surface area (Å²) in [4.78, 5) is 5.24. The van der Waals surface area contributed by atoms with Gasteiger partial charge in [0.15, 0.2) is 0 Å². The molecule has 3 aromatic rings. The van der Waals surface area contributed by atoms with Crippen LogP contribution >= 0.6 is 0 Å². The number of aryl methyl sites for hydroxylation is 2. The van der Waals surface area contributed by atoms with Gasteiger partial charge in [0, 0.05) is 43.2 Å². The smallest absolute Gasteiger partial charge is 0.138 e. The summed E-state index contributed by atoms with van der Waals surface area (Å²) in [5.41, 5.74) is 3.29. The molecule has 0 N–H and O–H groups in total. The number of fused-ring (bicyclic) bond motifs is 5. The Morgan fingerprint density at radius 2 is 1.96 bits per heavy atom. The van der Waals surface area contributed by atoms with Crippen LogP contribution in [0, 0.1) is 19.8 Å². The molecule has 3 saturated heterocycles. The Balaban J connectivity index is 1.32. The van der Waals surface area contributed by atoms with E-state index in [1.54, 1.807) is 0 Å². The number of hydrogen-bond acceptors (Lipinski definition) is 5. The number of furan rings is 1. The van der Waals surface area contributed by atoms with Crippen molar-refractivity contribution in [3.05, 3.63) is 53.1 Å². The molecule has 1 aromatic carbocycles. The molecular formula is C22H27N3O2. The number of nitrogens with zero attached hydrogens (tertiary/aromatic N) is 3. The minimum Gasteiger partial charge on any atom is -0.460 e. The number of piperidine rings is 1. The van der Waals surface area contributed by atoms with Gasteiger partial charge in [0.25, 0.3) is 0 Å². The van der Waals surface area contributed by atoms with Gasteiger partial charge in [0.1, 0.15) is 17.1 Å². The molecule has 6 rings (SSSR count). The molecule has 0 saturated carbocycles. The zero-order valence-corrected chi connectivity index (χ0v) is 16.1. The summed E-state index contributed by atoms with van der Waals surface area (Å²) < 4.78 is 11.5. The van der Waals surface area contributed by atoms with Crippen LogP contribution in [-0.4, -0.2) is 40.6 Å². The highest BCUT2D eigenvalue weighted by Gasteiger charge is 2.35. The second-order valence-corrected chi connectivity index (χ2v) is 8.27. The lowest BCUT2D eigenvalue weighted by Gasteiger charge is -2.35. The predicted octanol–water partition coefficient (Wildman–Crippen LogP) is 4.13. The summed E-state index contributed by atoms with van der Waals surface area (Å²) in [6, 6.07) is 11.1. The first-order chi connectivity index (χ1) is 13.2. The quantitative estimate of drug-likeness (QED) is 0.695. The van der Waals surface area contributed by atoms with E-state index < -0.39 is 0 Å². The molecule has 0 radical (unpaired) electrons. The highest BCUT2D eigenvalue weighted by atomic mass is 16.5. The third-order valence-corrected chi connectivity index (χ3v) is 6.30. The monoisotopic (exact) mass is 365 g/mol. The highest BCUT2D eigenvalue weighted by Crippen LogP contribution is 2.31. The third kappa shape index (κ3) is 3.30. The van der Waals surface area contributed by atoms with Crippen molar-refractivity contribution in [2.45, 2.75) is 45.8 Å². The Kier molecular flexibility index (Phi) is 4.29. The molecule has 0 spiro atoms. The lowest BCUT2D eigenvalue weighted by atomic mass is 9.95. The molecule has 0 unspecified atom stereocenters. The Labute approximate surface area is 159 Å². The zero-order valence-electron chi connectivity index (χ0n) is 16.1. The van der Waals surface area contributed by atoms with E-state index in [-0.39, 0.29) is 0 Å². The van der Waals surface area contributed by atoms with Gasteiger partial charge in [0.2, 0.25) is 0 Å². The summed E-state index contributed by atoms with van der Waals surface area (Å²) in [5.74, 6) is 2.78. The summed E-state index contributed by atoms with van der Waals surface area (Å²) in [6.07, 6.45) is 2.61. The van der Waals surface area contributed by atoms with E-state index in [2.05, 4.69) is 39.2 Å². The number of rotatable bonds is 4. The van der Waals surface area contributed by atoms with Gasteiger partial charge in [-0.15, -0.1) is 0 Å². The summed E-state index contributed by atoms with van der Waals surface area (Å²) in [7, 11) is 0. The molecule has 2 bridgehead atoms. The van der Waals surface area contributed by atoms with Crippen molar-refractivity contribution in [3.63, 3.8) is 0 Å². The maximum absolute atomic E-state index is 6.09. The second-order valence-electron chi connectivity index (χ2n) is 8.27. The molecule has 0 aliphatic carbocycles. The van der Waals surface area contributed by atoms with E-state index in [0.717, 1.165) is 54.9 Å². The second kappa shape index (κ2) is 6.80. The Bertz CT molecular complexity index is 892. The lowest BCUT2D eigenvalue weighted by Crippen LogP contribution is -2.43. The van der Waals surface area contributed by atoms with E-state index in [1.807, 2.05) is 19.9 Å². The summed E-state index contributed by atoms with van der Waals surface area (Å²) in [5, 5.41) is 5.33. The van der Waals surface area contributed by atoms with Crippen LogP contribution in [0.2, 0.25) is 0 Å². The van der Waals surface area contributed by atoms with Gasteiger partial charge < -0.3 is 8.94 Å². The molecule has 142 valence electrons. The zero-order chi connectivity index (χ0) is 18.4. The number of aromatic nitrogens is 1. The molecule has 2 atom stereocenters. The average molecular weight is 365 g/mol. The van der Waals surface area contributed by atoms with E-state index in [0.29, 0.717) is 6.04 Å². The molecular weight excluding hydrogens is 338 g/mol. The lowest BCUT2D eigenvalue weighted by molar-refractivity contribution is 0.115. The van der Waals surface area contributed by atoms with Crippen LogP contribution < -0.4 is 0 Å². The van der Waals surface area contributed by atoms with Gasteiger partial charge in [-0.25, -0.2) is 0 Å². The molecule has 0 amide bonds. The largest absolute Gasteiger partial charge is 0.460 e. The fourth-order valence-corrected chi connectivity index (χ4v) is 4.87. The molecule has 3 aliphatic rings. The van der Waals surface area contributed by atoms with Crippen molar-refractivity contribution in [2.24, 2.45) is 5.92 Å². The van der Waals surface area contributed by atoms with Crippen LogP contribution in [0.15, 0.2) is 39.3 Å². The topological polar surface area (TPSA) is 45.7 Å². The highest BCUT2D eigenvalue weighted by molar-refractivity contribution is 5.77. The van der Waals surface area contributed by atoms with Gasteiger partial charge in [-0.3, -0.25) is 9.80 Å². The fourth-order valence-electron chi connectivity index (χ4n) is 4.87. The van der Waals surface area contributed by atoms with E-state index in [9.17, 15) is 0 Å². The van der Waals surface area contributed by atoms with Crippen LogP contribution in [-0.2, 0) is 13.1 Å². The van der Waals surface area contributed by atoms with Crippen molar-refractivity contribution in [2.75, 3.05) is 19.6 Å². The van der Waals surface area contributed by atoms with Gasteiger partial charge in [0.05, 0.1) is 12.2 Å². The molecule has 3 fully saturated rings. The first-order valence-corrected chi connectivity index (χ1v) is 10.0. The van der Waals surface area contributed by atoms with Crippen molar-refractivity contribution < 1.29 is 8.94 Å². The fraction of sp³-hybridized carbons (Fsp3) is 0.500. The molecule has 2 aromatic heterocycles. The molecule has 3 aliphatic heterocycles. The van der Waals surface area contributed by atoms with Crippen LogP contribution in [0.5, 0.6) is 0 Å². The van der Waals surface area contributed by atoms with Crippen LogP contribution in [0.25, 0.3) is 11.0 Å². The van der Waals surface area contributed by atoms with Crippen LogP contribution in [0.3, 0.4) is 0 Å². The third-order valence-electron chi connectivity index (χ3n) is 6.30. The molecule has 5 nitrogen and oxygen atoms in total. The average Bonchev–Trinajstić information content (AvgIpc) is 3.07. The Morgan fingerprint density at radius 1 is 1.07 bits per heavy atom. The summed E-state index contributed by atoms with van der Waals surface area (Å²) >= 11 is 0. The van der Waals surface area contributed by atoms with Crippen molar-refractivity contribution in [1.29, 1.82) is 0 Å². The Hall–Kier alpha value is -2.11. The summed E-state index contributed by atoms with van der Waals surface area (Å²) in [6.45, 7) is 9.38. The van der Waals surface area contributed by atoms with Gasteiger partial charge in [-0.05, 0) is 44.7 Å². The first-order valence-electron chi connectivity index (χ1n) is 10.0. The van der Waals surface area contributed by atoms with E-state index >= 15 is 0 Å². The van der Waals surface area contributed by atoms with Crippen molar-refractivity contribution in [1.82, 2.24) is 15.0 Å². The normalized spacial score (nSPS) is 23.9. The number of hydrogen-bond donors (Lipinski definition) is 0. The van der Waals surface area contributed by atoms with Gasteiger partial charge >= 0.3 is 0 Å². The SMILES string of the molecule is Cc1noc(C)c1CN1C[C@H]2CC[C@@H](C1)N(Cc1cc3ccccc3o1)C2. The first kappa shape index (κ1) is 17.0. The predicted molar refractivity (Wildman–Crippen MR) is 104 cm³/mol. The maximum Gasteiger partial charge on any atom is 0.138 e. The van der Waals surface area contributed by atoms with E-state index in [4.69, 9.17) is 8.94 Å². The van der Waals surface area contributed by atoms with Crippen LogP contribution in [0.1, 0.15) is 35.6 Å². The standard InChI is InChI=1S/C22H27N3O2/c1-15-21(16(2)27-23-15)14-24-10-17-7-8-19(12-24)25(11-17)13-20-9-18-5-3-4-6-22(18)26-20/h3-6,9,17,19H,7-8,10-14H2,1-2H3/t17-,19+/m1/s1. The van der Waals surface area contributed by atoms with Crippen molar-refractivity contribution in [3.8, 4) is 0 Å². The molecule has 27 heavy (non-hydrogen) atoms. The molecule has 5 heteroatoms. The Morgan fingerprint density at radius 3 is 2.78 bits per heavy atom. The van der Waals surface area contributed by atoms with Gasteiger partial charge in [-0.1, -0.05) is 23.4 Å². The number of para-hydroxylation sites is 1. The van der Waals surface area contributed by atoms with Crippen molar-refractivity contribution >= 4 is 11.0 Å². The van der Waals surface area contributed by atoms with Gasteiger partial charge in [-0.2, -0.15) is 0 Å². The van der Waals surface area contributed by atoms with Crippen LogP contribution in [0.4, 0.5) is 0 Å². The minimum absolute atomic E-state index is 0.595. The maximum atomic E-state index is 6.09. The molecule has 5 heterocycles. The minimum atomic E-state index is 0.595. The number of benzene rings is 1.